The zero-order chi connectivity index (χ0) is 19.4. The zero-order valence-corrected chi connectivity index (χ0v) is 14.9. The molecule has 0 spiro atoms. The fraction of sp³-hybridized carbons (Fsp3) is 0.167. The summed E-state index contributed by atoms with van der Waals surface area (Å²) in [6.45, 7) is 0.0658. The van der Waals surface area contributed by atoms with E-state index in [1.54, 1.807) is 42.6 Å². The minimum atomic E-state index is -4.74. The maximum Gasteiger partial charge on any atom is 0.435 e. The van der Waals surface area contributed by atoms with Gasteiger partial charge in [-0.25, -0.2) is 4.98 Å². The van der Waals surface area contributed by atoms with Gasteiger partial charge in [-0.2, -0.15) is 13.2 Å². The number of carbonyl (C=O) groups is 1. The molecule has 0 unspecified atom stereocenters. The number of aromatic nitrogens is 2. The number of ether oxygens (including phenoxy) is 1. The summed E-state index contributed by atoms with van der Waals surface area (Å²) >= 11 is 0.688. The van der Waals surface area contributed by atoms with E-state index in [9.17, 15) is 18.0 Å². The monoisotopic (exact) mass is 393 g/mol. The maximum absolute atomic E-state index is 13.4. The van der Waals surface area contributed by atoms with Crippen LogP contribution in [-0.2, 0) is 12.7 Å². The molecule has 0 aliphatic heterocycles. The van der Waals surface area contributed by atoms with E-state index < -0.39 is 22.7 Å². The van der Waals surface area contributed by atoms with Crippen molar-refractivity contribution < 1.29 is 22.7 Å². The Labute approximate surface area is 156 Å². The number of nitrogens with one attached hydrogen (secondary N) is 1. The van der Waals surface area contributed by atoms with Crippen molar-refractivity contribution in [3.8, 4) is 16.3 Å². The first-order valence-electron chi connectivity index (χ1n) is 7.78. The second-order valence-electron chi connectivity index (χ2n) is 5.47. The molecule has 1 N–H and O–H groups in total. The van der Waals surface area contributed by atoms with E-state index >= 15 is 0 Å². The highest BCUT2D eigenvalue weighted by Crippen LogP contribution is 2.38. The van der Waals surface area contributed by atoms with Crippen molar-refractivity contribution in [2.24, 2.45) is 0 Å². The van der Waals surface area contributed by atoms with Crippen LogP contribution in [0.5, 0.6) is 5.75 Å². The van der Waals surface area contributed by atoms with Crippen LogP contribution in [0.4, 0.5) is 13.2 Å². The number of carbonyl (C=O) groups excluding carboxylic acids is 1. The number of hydrogen-bond acceptors (Lipinski definition) is 5. The van der Waals surface area contributed by atoms with Gasteiger partial charge in [0.2, 0.25) is 0 Å². The van der Waals surface area contributed by atoms with Gasteiger partial charge in [-0.15, -0.1) is 11.3 Å². The Hall–Kier alpha value is -2.94. The molecule has 5 nitrogen and oxygen atoms in total. The lowest BCUT2D eigenvalue weighted by Gasteiger charge is -2.07. The molecule has 27 heavy (non-hydrogen) atoms. The lowest BCUT2D eigenvalue weighted by Crippen LogP contribution is -2.24. The molecule has 3 rings (SSSR count). The van der Waals surface area contributed by atoms with E-state index in [2.05, 4.69) is 15.3 Å². The number of amides is 1. The van der Waals surface area contributed by atoms with Gasteiger partial charge in [0.1, 0.15) is 15.6 Å². The van der Waals surface area contributed by atoms with Crippen LogP contribution in [0.3, 0.4) is 0 Å². The lowest BCUT2D eigenvalue weighted by molar-refractivity contribution is -0.141. The molecule has 9 heteroatoms. The molecule has 1 amide bonds. The van der Waals surface area contributed by atoms with Crippen LogP contribution < -0.4 is 10.1 Å². The van der Waals surface area contributed by atoms with Gasteiger partial charge in [0, 0.05) is 24.5 Å². The Balaban J connectivity index is 1.91. The second-order valence-corrected chi connectivity index (χ2v) is 6.47. The summed E-state index contributed by atoms with van der Waals surface area (Å²) in [6.07, 6.45) is -1.65. The third-order valence-electron chi connectivity index (χ3n) is 3.59. The number of alkyl halides is 3. The SMILES string of the molecule is COc1cccc(-c2nc(C(F)(F)F)c(C(=O)NCc3cccnc3)s2)c1. The van der Waals surface area contributed by atoms with Gasteiger partial charge in [-0.1, -0.05) is 18.2 Å². The van der Waals surface area contributed by atoms with Crippen molar-refractivity contribution >= 4 is 17.2 Å². The predicted molar refractivity (Wildman–Crippen MR) is 94.5 cm³/mol. The van der Waals surface area contributed by atoms with E-state index in [1.165, 1.54) is 13.3 Å². The number of thiazole rings is 1. The quantitative estimate of drug-likeness (QED) is 0.707. The first kappa shape index (κ1) is 18.8. The molecule has 0 atom stereocenters. The highest BCUT2D eigenvalue weighted by molar-refractivity contribution is 7.17. The maximum atomic E-state index is 13.4. The minimum Gasteiger partial charge on any atom is -0.497 e. The molecule has 0 fully saturated rings. The molecule has 140 valence electrons. The highest BCUT2D eigenvalue weighted by Gasteiger charge is 2.39. The highest BCUT2D eigenvalue weighted by atomic mass is 32.1. The Morgan fingerprint density at radius 1 is 1.26 bits per heavy atom. The Morgan fingerprint density at radius 3 is 2.74 bits per heavy atom. The molecular weight excluding hydrogens is 379 g/mol. The van der Waals surface area contributed by atoms with Crippen molar-refractivity contribution in [3.05, 3.63) is 64.9 Å². The number of rotatable bonds is 5. The standard InChI is InChI=1S/C18H14F3N3O2S/c1-26-13-6-2-5-12(8-13)17-24-15(18(19,20)21)14(27-17)16(25)23-10-11-4-3-7-22-9-11/h2-9H,10H2,1H3,(H,23,25). The van der Waals surface area contributed by atoms with Crippen LogP contribution in [0.1, 0.15) is 20.9 Å². The molecule has 0 saturated heterocycles. The fourth-order valence-electron chi connectivity index (χ4n) is 2.31. The van der Waals surface area contributed by atoms with Crippen molar-refractivity contribution in [1.82, 2.24) is 15.3 Å². The fourth-order valence-corrected chi connectivity index (χ4v) is 3.31. The summed E-state index contributed by atoms with van der Waals surface area (Å²) in [4.78, 5) is 19.5. The number of methoxy groups -OCH3 is 1. The average Bonchev–Trinajstić information content (AvgIpc) is 3.13. The molecule has 0 saturated carbocycles. The first-order chi connectivity index (χ1) is 12.9. The predicted octanol–water partition coefficient (Wildman–Crippen LogP) is 4.16. The van der Waals surface area contributed by atoms with Gasteiger partial charge in [-0.3, -0.25) is 9.78 Å². The van der Waals surface area contributed by atoms with Crippen molar-refractivity contribution in [2.45, 2.75) is 12.7 Å². The van der Waals surface area contributed by atoms with E-state index in [1.807, 2.05) is 0 Å². The summed E-state index contributed by atoms with van der Waals surface area (Å²) in [7, 11) is 1.46. The summed E-state index contributed by atoms with van der Waals surface area (Å²) in [5, 5.41) is 2.57. The van der Waals surface area contributed by atoms with Crippen molar-refractivity contribution in [3.63, 3.8) is 0 Å². The number of nitrogens with zero attached hydrogens (tertiary/aromatic N) is 2. The summed E-state index contributed by atoms with van der Waals surface area (Å²) < 4.78 is 45.2. The van der Waals surface area contributed by atoms with Crippen molar-refractivity contribution in [2.75, 3.05) is 7.11 Å². The van der Waals surface area contributed by atoms with Gasteiger partial charge in [0.25, 0.3) is 5.91 Å². The van der Waals surface area contributed by atoms with E-state index in [0.29, 0.717) is 28.2 Å². The molecule has 2 heterocycles. The van der Waals surface area contributed by atoms with Crippen LogP contribution in [0.25, 0.3) is 10.6 Å². The van der Waals surface area contributed by atoms with E-state index in [0.717, 1.165) is 0 Å². The van der Waals surface area contributed by atoms with Crippen LogP contribution in [-0.4, -0.2) is 23.0 Å². The Kier molecular flexibility index (Phi) is 5.41. The van der Waals surface area contributed by atoms with Gasteiger partial charge in [0.05, 0.1) is 7.11 Å². The molecule has 0 aliphatic carbocycles. The van der Waals surface area contributed by atoms with E-state index in [4.69, 9.17) is 4.74 Å². The lowest BCUT2D eigenvalue weighted by atomic mass is 10.2. The summed E-state index contributed by atoms with van der Waals surface area (Å²) in [5.41, 5.74) is -0.0814. The van der Waals surface area contributed by atoms with Gasteiger partial charge in [-0.05, 0) is 23.8 Å². The largest absolute Gasteiger partial charge is 0.497 e. The van der Waals surface area contributed by atoms with Gasteiger partial charge < -0.3 is 10.1 Å². The number of benzene rings is 1. The Morgan fingerprint density at radius 2 is 2.07 bits per heavy atom. The van der Waals surface area contributed by atoms with E-state index in [-0.39, 0.29) is 11.6 Å². The number of pyridine rings is 1. The summed E-state index contributed by atoms with van der Waals surface area (Å²) in [6, 6.07) is 9.88. The summed E-state index contributed by atoms with van der Waals surface area (Å²) in [5.74, 6) is -0.350. The van der Waals surface area contributed by atoms with Crippen LogP contribution >= 0.6 is 11.3 Å². The zero-order valence-electron chi connectivity index (χ0n) is 14.1. The van der Waals surface area contributed by atoms with Crippen LogP contribution in [0.15, 0.2) is 48.8 Å². The third-order valence-corrected chi connectivity index (χ3v) is 4.70. The van der Waals surface area contributed by atoms with Crippen LogP contribution in [0.2, 0.25) is 0 Å². The van der Waals surface area contributed by atoms with Crippen LogP contribution in [0, 0.1) is 0 Å². The molecular formula is C18H14F3N3O2S. The Bertz CT molecular complexity index is 943. The molecule has 0 bridgehead atoms. The molecule has 0 aliphatic rings. The topological polar surface area (TPSA) is 64.1 Å². The third kappa shape index (κ3) is 4.43. The molecule has 2 aromatic heterocycles. The number of hydrogen-bond donors (Lipinski definition) is 1. The first-order valence-corrected chi connectivity index (χ1v) is 8.59. The van der Waals surface area contributed by atoms with Gasteiger partial charge in [0.15, 0.2) is 5.69 Å². The second kappa shape index (κ2) is 7.75. The smallest absolute Gasteiger partial charge is 0.435 e. The molecule has 3 aromatic rings. The van der Waals surface area contributed by atoms with Gasteiger partial charge >= 0.3 is 6.18 Å². The minimum absolute atomic E-state index is 0.0658. The number of halogens is 3. The average molecular weight is 393 g/mol. The van der Waals surface area contributed by atoms with Crippen molar-refractivity contribution in [1.29, 1.82) is 0 Å². The molecule has 0 radical (unpaired) electrons. The normalized spacial score (nSPS) is 11.3. The molecule has 1 aromatic carbocycles.